The standard InChI is InChI=1S/C22H23ClN6O2/c1-15-2-3-18(12-20(15)23)27-22(30)26-17-6-4-16(5-7-17)25-21-13-19(14-24-28-21)29-8-10-31-11-9-29/h2-7,12-14H,8-11H2,1H3,(H,25,28)(H2,26,27,30). The van der Waals surface area contributed by atoms with E-state index in [-0.39, 0.29) is 6.03 Å². The van der Waals surface area contributed by atoms with E-state index in [1.807, 2.05) is 43.3 Å². The maximum absolute atomic E-state index is 12.2. The first-order valence-electron chi connectivity index (χ1n) is 9.93. The Kier molecular flexibility index (Phi) is 6.49. The number of carbonyl (C=O) groups excluding carboxylic acids is 1. The molecule has 1 fully saturated rings. The third-order valence-corrected chi connectivity index (χ3v) is 5.27. The maximum atomic E-state index is 12.2. The zero-order chi connectivity index (χ0) is 21.6. The molecule has 0 spiro atoms. The average Bonchev–Trinajstić information content (AvgIpc) is 2.78. The minimum Gasteiger partial charge on any atom is -0.378 e. The number of rotatable bonds is 5. The molecule has 1 aliphatic rings. The predicted molar refractivity (Wildman–Crippen MR) is 124 cm³/mol. The summed E-state index contributed by atoms with van der Waals surface area (Å²) >= 11 is 6.10. The van der Waals surface area contributed by atoms with Crippen LogP contribution in [0.3, 0.4) is 0 Å². The topological polar surface area (TPSA) is 91.4 Å². The number of nitrogens with one attached hydrogen (secondary N) is 3. The summed E-state index contributed by atoms with van der Waals surface area (Å²) in [6.07, 6.45) is 1.75. The Morgan fingerprint density at radius 3 is 2.42 bits per heavy atom. The first-order valence-corrected chi connectivity index (χ1v) is 10.3. The van der Waals surface area contributed by atoms with Crippen LogP contribution in [0.2, 0.25) is 5.02 Å². The van der Waals surface area contributed by atoms with E-state index in [2.05, 4.69) is 31.0 Å². The Hall–Kier alpha value is -3.36. The second-order valence-electron chi connectivity index (χ2n) is 7.14. The quantitative estimate of drug-likeness (QED) is 0.536. The normalized spacial score (nSPS) is 13.5. The number of anilines is 5. The van der Waals surface area contributed by atoms with Crippen molar-refractivity contribution in [1.82, 2.24) is 10.2 Å². The monoisotopic (exact) mass is 438 g/mol. The van der Waals surface area contributed by atoms with Gasteiger partial charge >= 0.3 is 6.03 Å². The molecule has 1 aliphatic heterocycles. The summed E-state index contributed by atoms with van der Waals surface area (Å²) < 4.78 is 5.40. The highest BCUT2D eigenvalue weighted by Crippen LogP contribution is 2.22. The van der Waals surface area contributed by atoms with Gasteiger partial charge in [0.2, 0.25) is 0 Å². The number of hydrogen-bond acceptors (Lipinski definition) is 6. The molecule has 0 atom stereocenters. The van der Waals surface area contributed by atoms with Crippen molar-refractivity contribution in [3.63, 3.8) is 0 Å². The number of hydrogen-bond donors (Lipinski definition) is 3. The van der Waals surface area contributed by atoms with Gasteiger partial charge in [0.05, 0.1) is 25.1 Å². The molecule has 9 heteroatoms. The molecule has 3 aromatic rings. The Balaban J connectivity index is 1.35. The number of halogens is 1. The van der Waals surface area contributed by atoms with E-state index in [1.165, 1.54) is 0 Å². The zero-order valence-electron chi connectivity index (χ0n) is 17.1. The Morgan fingerprint density at radius 1 is 1.00 bits per heavy atom. The number of urea groups is 1. The molecule has 2 heterocycles. The lowest BCUT2D eigenvalue weighted by Crippen LogP contribution is -2.36. The van der Waals surface area contributed by atoms with Crippen molar-refractivity contribution in [2.24, 2.45) is 0 Å². The lowest BCUT2D eigenvalue weighted by Gasteiger charge is -2.28. The molecule has 3 N–H and O–H groups in total. The van der Waals surface area contributed by atoms with Crippen molar-refractivity contribution in [2.45, 2.75) is 6.92 Å². The molecule has 0 bridgehead atoms. The highest BCUT2D eigenvalue weighted by atomic mass is 35.5. The number of ether oxygens (including phenoxy) is 1. The van der Waals surface area contributed by atoms with E-state index in [9.17, 15) is 4.79 Å². The maximum Gasteiger partial charge on any atom is 0.323 e. The second kappa shape index (κ2) is 9.63. The molecule has 2 aromatic carbocycles. The summed E-state index contributed by atoms with van der Waals surface area (Å²) in [4.78, 5) is 14.4. The lowest BCUT2D eigenvalue weighted by molar-refractivity contribution is 0.122. The van der Waals surface area contributed by atoms with E-state index < -0.39 is 0 Å². The Labute approximate surface area is 185 Å². The predicted octanol–water partition coefficient (Wildman–Crippen LogP) is 4.66. The third kappa shape index (κ3) is 5.62. The number of morpholine rings is 1. The van der Waals surface area contributed by atoms with Crippen molar-refractivity contribution >= 4 is 46.2 Å². The van der Waals surface area contributed by atoms with Crippen LogP contribution in [0.1, 0.15) is 5.56 Å². The number of nitrogens with zero attached hydrogens (tertiary/aromatic N) is 3. The summed E-state index contributed by atoms with van der Waals surface area (Å²) in [5.74, 6) is 0.652. The van der Waals surface area contributed by atoms with Crippen molar-refractivity contribution in [3.05, 3.63) is 65.3 Å². The largest absolute Gasteiger partial charge is 0.378 e. The summed E-state index contributed by atoms with van der Waals surface area (Å²) in [6, 6.07) is 14.3. The van der Waals surface area contributed by atoms with Crippen LogP contribution in [0.4, 0.5) is 33.4 Å². The molecule has 2 amide bonds. The van der Waals surface area contributed by atoms with Crippen LogP contribution in [0.5, 0.6) is 0 Å². The average molecular weight is 439 g/mol. The van der Waals surface area contributed by atoms with Gasteiger partial charge in [-0.3, -0.25) is 0 Å². The fourth-order valence-electron chi connectivity index (χ4n) is 3.16. The summed E-state index contributed by atoms with van der Waals surface area (Å²) in [7, 11) is 0. The van der Waals surface area contributed by atoms with Gasteiger partial charge in [-0.15, -0.1) is 5.10 Å². The van der Waals surface area contributed by atoms with Gasteiger partial charge in [-0.05, 0) is 48.9 Å². The van der Waals surface area contributed by atoms with Crippen LogP contribution >= 0.6 is 11.6 Å². The van der Waals surface area contributed by atoms with Crippen LogP contribution in [-0.2, 0) is 4.74 Å². The van der Waals surface area contributed by atoms with Crippen LogP contribution in [-0.4, -0.2) is 42.5 Å². The zero-order valence-corrected chi connectivity index (χ0v) is 17.8. The van der Waals surface area contributed by atoms with E-state index in [0.717, 1.165) is 30.0 Å². The molecule has 4 rings (SSSR count). The van der Waals surface area contributed by atoms with Crippen LogP contribution < -0.4 is 20.9 Å². The van der Waals surface area contributed by atoms with Crippen LogP contribution in [0.15, 0.2) is 54.7 Å². The molecular formula is C22H23ClN6O2. The number of carbonyl (C=O) groups is 1. The van der Waals surface area contributed by atoms with Gasteiger partial charge in [0.25, 0.3) is 0 Å². The van der Waals surface area contributed by atoms with E-state index in [0.29, 0.717) is 35.4 Å². The molecule has 0 aliphatic carbocycles. The van der Waals surface area contributed by atoms with Gasteiger partial charge in [0.1, 0.15) is 0 Å². The number of benzene rings is 2. The van der Waals surface area contributed by atoms with Crippen molar-refractivity contribution < 1.29 is 9.53 Å². The minimum atomic E-state index is -0.343. The fraction of sp³-hybridized carbons (Fsp3) is 0.227. The highest BCUT2D eigenvalue weighted by Gasteiger charge is 2.12. The number of aryl methyl sites for hydroxylation is 1. The molecule has 0 unspecified atom stereocenters. The second-order valence-corrected chi connectivity index (χ2v) is 7.55. The van der Waals surface area contributed by atoms with Crippen LogP contribution in [0, 0.1) is 6.92 Å². The Bertz CT molecular complexity index is 1050. The van der Waals surface area contributed by atoms with Gasteiger partial charge in [-0.25, -0.2) is 4.79 Å². The number of aromatic nitrogens is 2. The smallest absolute Gasteiger partial charge is 0.323 e. The summed E-state index contributed by atoms with van der Waals surface area (Å²) in [5, 5.41) is 17.7. The molecule has 31 heavy (non-hydrogen) atoms. The van der Waals surface area contributed by atoms with Gasteiger partial charge in [0.15, 0.2) is 5.82 Å². The SMILES string of the molecule is Cc1ccc(NC(=O)Nc2ccc(Nc3cc(N4CCOCC4)cnn3)cc2)cc1Cl. The van der Waals surface area contributed by atoms with Gasteiger partial charge in [-0.2, -0.15) is 5.10 Å². The van der Waals surface area contributed by atoms with Crippen molar-refractivity contribution in [1.29, 1.82) is 0 Å². The van der Waals surface area contributed by atoms with E-state index in [4.69, 9.17) is 16.3 Å². The molecule has 0 radical (unpaired) electrons. The summed E-state index contributed by atoms with van der Waals surface area (Å²) in [6.45, 7) is 5.01. The molecule has 1 saturated heterocycles. The molecule has 0 saturated carbocycles. The minimum absolute atomic E-state index is 0.343. The molecule has 8 nitrogen and oxygen atoms in total. The van der Waals surface area contributed by atoms with Crippen molar-refractivity contribution in [2.75, 3.05) is 47.2 Å². The van der Waals surface area contributed by atoms with Gasteiger partial charge in [-0.1, -0.05) is 17.7 Å². The molecule has 1 aromatic heterocycles. The highest BCUT2D eigenvalue weighted by molar-refractivity contribution is 6.31. The fourth-order valence-corrected chi connectivity index (χ4v) is 3.34. The van der Waals surface area contributed by atoms with Gasteiger partial charge < -0.3 is 25.6 Å². The van der Waals surface area contributed by atoms with Crippen molar-refractivity contribution in [3.8, 4) is 0 Å². The molecular weight excluding hydrogens is 416 g/mol. The first-order chi connectivity index (χ1) is 15.1. The first kappa shape index (κ1) is 20.9. The van der Waals surface area contributed by atoms with E-state index >= 15 is 0 Å². The van der Waals surface area contributed by atoms with Gasteiger partial charge in [0, 0.05) is 41.2 Å². The molecule has 160 valence electrons. The number of amides is 2. The summed E-state index contributed by atoms with van der Waals surface area (Å²) in [5.41, 5.74) is 4.09. The Morgan fingerprint density at radius 2 is 1.68 bits per heavy atom. The lowest BCUT2D eigenvalue weighted by atomic mass is 10.2. The third-order valence-electron chi connectivity index (χ3n) is 4.86. The van der Waals surface area contributed by atoms with E-state index in [1.54, 1.807) is 18.3 Å². The van der Waals surface area contributed by atoms with Crippen LogP contribution in [0.25, 0.3) is 0 Å².